The molecule has 0 unspecified atom stereocenters. The van der Waals surface area contributed by atoms with E-state index in [1.165, 1.54) is 10.6 Å². The predicted molar refractivity (Wildman–Crippen MR) is 64.8 cm³/mol. The minimum Gasteiger partial charge on any atom is -0.385 e. The first-order valence-corrected chi connectivity index (χ1v) is 5.65. The number of amides is 1. The van der Waals surface area contributed by atoms with E-state index in [0.29, 0.717) is 26.1 Å². The number of aryl methyl sites for hydroxylation is 1. The largest absolute Gasteiger partial charge is 0.385 e. The van der Waals surface area contributed by atoms with E-state index in [1.807, 2.05) is 0 Å². The van der Waals surface area contributed by atoms with Crippen LogP contribution in [0.2, 0.25) is 0 Å². The van der Waals surface area contributed by atoms with Gasteiger partial charge in [0.05, 0.1) is 0 Å². The molecule has 0 fully saturated rings. The van der Waals surface area contributed by atoms with Crippen LogP contribution < -0.4 is 10.9 Å². The van der Waals surface area contributed by atoms with Crippen LogP contribution in [0.5, 0.6) is 0 Å². The second-order valence-electron chi connectivity index (χ2n) is 3.68. The highest BCUT2D eigenvalue weighted by atomic mass is 16.5. The molecule has 17 heavy (non-hydrogen) atoms. The number of carbonyl (C=O) groups is 1. The fourth-order valence-corrected chi connectivity index (χ4v) is 1.40. The zero-order valence-electron chi connectivity index (χ0n) is 10.0. The summed E-state index contributed by atoms with van der Waals surface area (Å²) in [6.45, 7) is 1.66. The average Bonchev–Trinajstić information content (AvgIpc) is 2.34. The molecule has 0 saturated heterocycles. The SMILES string of the molecule is COCCCNC(=O)CCn1ccccc1=O. The minimum absolute atomic E-state index is 0.0446. The van der Waals surface area contributed by atoms with E-state index in [9.17, 15) is 9.59 Å². The molecule has 0 saturated carbocycles. The molecule has 1 aromatic heterocycles. The van der Waals surface area contributed by atoms with Crippen molar-refractivity contribution in [2.75, 3.05) is 20.3 Å². The summed E-state index contributed by atoms with van der Waals surface area (Å²) in [5.41, 5.74) is -0.0836. The van der Waals surface area contributed by atoms with Crippen LogP contribution in [-0.4, -0.2) is 30.7 Å². The fraction of sp³-hybridized carbons (Fsp3) is 0.500. The van der Waals surface area contributed by atoms with Crippen molar-refractivity contribution in [1.82, 2.24) is 9.88 Å². The normalized spacial score (nSPS) is 10.2. The van der Waals surface area contributed by atoms with E-state index in [4.69, 9.17) is 4.74 Å². The fourth-order valence-electron chi connectivity index (χ4n) is 1.40. The molecule has 0 aliphatic rings. The number of pyridine rings is 1. The van der Waals surface area contributed by atoms with Gasteiger partial charge in [0.1, 0.15) is 0 Å². The summed E-state index contributed by atoms with van der Waals surface area (Å²) in [7, 11) is 1.63. The molecule has 5 nitrogen and oxygen atoms in total. The van der Waals surface area contributed by atoms with Crippen molar-refractivity contribution in [3.8, 4) is 0 Å². The molecule has 1 amide bonds. The van der Waals surface area contributed by atoms with Gasteiger partial charge in [0.25, 0.3) is 5.56 Å². The topological polar surface area (TPSA) is 60.3 Å². The van der Waals surface area contributed by atoms with Crippen LogP contribution >= 0.6 is 0 Å². The molecule has 5 heteroatoms. The third-order valence-electron chi connectivity index (χ3n) is 2.33. The molecule has 0 bridgehead atoms. The Labute approximate surface area is 100 Å². The van der Waals surface area contributed by atoms with Crippen molar-refractivity contribution in [3.63, 3.8) is 0 Å². The van der Waals surface area contributed by atoms with E-state index in [-0.39, 0.29) is 11.5 Å². The molecule has 1 heterocycles. The number of aromatic nitrogens is 1. The van der Waals surface area contributed by atoms with Gasteiger partial charge >= 0.3 is 0 Å². The van der Waals surface area contributed by atoms with Crippen LogP contribution in [0.1, 0.15) is 12.8 Å². The lowest BCUT2D eigenvalue weighted by Gasteiger charge is -2.06. The molecule has 1 rings (SSSR count). The number of hydrogen-bond acceptors (Lipinski definition) is 3. The molecule has 1 aromatic rings. The van der Waals surface area contributed by atoms with Crippen molar-refractivity contribution < 1.29 is 9.53 Å². The maximum atomic E-state index is 11.4. The van der Waals surface area contributed by atoms with Gasteiger partial charge in [0.2, 0.25) is 5.91 Å². The molecule has 94 valence electrons. The van der Waals surface area contributed by atoms with Crippen LogP contribution in [-0.2, 0) is 16.1 Å². The minimum atomic E-state index is -0.0836. The predicted octanol–water partition coefficient (Wildman–Crippen LogP) is 0.391. The monoisotopic (exact) mass is 238 g/mol. The molecule has 0 aromatic carbocycles. The van der Waals surface area contributed by atoms with Crippen molar-refractivity contribution >= 4 is 5.91 Å². The summed E-state index contributed by atoms with van der Waals surface area (Å²) in [6.07, 6.45) is 2.80. The number of hydrogen-bond donors (Lipinski definition) is 1. The van der Waals surface area contributed by atoms with Gasteiger partial charge in [-0.25, -0.2) is 0 Å². The van der Waals surface area contributed by atoms with Crippen molar-refractivity contribution in [2.45, 2.75) is 19.4 Å². The van der Waals surface area contributed by atoms with Crippen LogP contribution in [0, 0.1) is 0 Å². The van der Waals surface area contributed by atoms with Crippen LogP contribution in [0.4, 0.5) is 0 Å². The zero-order valence-corrected chi connectivity index (χ0v) is 10.0. The Kier molecular flexibility index (Phi) is 6.03. The first kappa shape index (κ1) is 13.4. The Hall–Kier alpha value is -1.62. The third-order valence-corrected chi connectivity index (χ3v) is 2.33. The summed E-state index contributed by atoms with van der Waals surface area (Å²) >= 11 is 0. The summed E-state index contributed by atoms with van der Waals surface area (Å²) in [5.74, 6) is -0.0446. The Balaban J connectivity index is 2.24. The Morgan fingerprint density at radius 1 is 1.47 bits per heavy atom. The van der Waals surface area contributed by atoms with Gasteiger partial charge in [-0.15, -0.1) is 0 Å². The van der Waals surface area contributed by atoms with E-state index in [0.717, 1.165) is 6.42 Å². The van der Waals surface area contributed by atoms with Gasteiger partial charge < -0.3 is 14.6 Å². The van der Waals surface area contributed by atoms with E-state index >= 15 is 0 Å². The highest BCUT2D eigenvalue weighted by Gasteiger charge is 2.01. The average molecular weight is 238 g/mol. The molecular formula is C12H18N2O3. The summed E-state index contributed by atoms with van der Waals surface area (Å²) in [4.78, 5) is 22.8. The lowest BCUT2D eigenvalue weighted by Crippen LogP contribution is -2.28. The van der Waals surface area contributed by atoms with Gasteiger partial charge in [0, 0.05) is 45.5 Å². The molecule has 1 N–H and O–H groups in total. The Morgan fingerprint density at radius 2 is 2.29 bits per heavy atom. The molecule has 0 spiro atoms. The highest BCUT2D eigenvalue weighted by Crippen LogP contribution is 1.88. The van der Waals surface area contributed by atoms with E-state index < -0.39 is 0 Å². The first-order chi connectivity index (χ1) is 8.24. The Bertz CT molecular complexity index is 401. The van der Waals surface area contributed by atoms with E-state index in [1.54, 1.807) is 25.4 Å². The molecular weight excluding hydrogens is 220 g/mol. The number of methoxy groups -OCH3 is 1. The maximum Gasteiger partial charge on any atom is 0.250 e. The number of carbonyl (C=O) groups excluding carboxylic acids is 1. The second-order valence-corrected chi connectivity index (χ2v) is 3.68. The first-order valence-electron chi connectivity index (χ1n) is 5.65. The lowest BCUT2D eigenvalue weighted by molar-refractivity contribution is -0.121. The number of nitrogens with one attached hydrogen (secondary N) is 1. The summed E-state index contributed by atoms with van der Waals surface area (Å²) in [5, 5.41) is 2.77. The maximum absolute atomic E-state index is 11.4. The smallest absolute Gasteiger partial charge is 0.250 e. The number of rotatable bonds is 7. The summed E-state index contributed by atoms with van der Waals surface area (Å²) < 4.78 is 6.39. The standard InChI is InChI=1S/C12H18N2O3/c1-17-10-4-7-13-11(15)6-9-14-8-3-2-5-12(14)16/h2-3,5,8H,4,6-7,9-10H2,1H3,(H,13,15). The van der Waals surface area contributed by atoms with Gasteiger partial charge in [-0.2, -0.15) is 0 Å². The number of nitrogens with zero attached hydrogens (tertiary/aromatic N) is 1. The van der Waals surface area contributed by atoms with E-state index in [2.05, 4.69) is 5.32 Å². The molecule has 0 atom stereocenters. The van der Waals surface area contributed by atoms with Crippen molar-refractivity contribution in [3.05, 3.63) is 34.7 Å². The zero-order chi connectivity index (χ0) is 12.5. The quantitative estimate of drug-likeness (QED) is 0.699. The second kappa shape index (κ2) is 7.62. The van der Waals surface area contributed by atoms with Crippen LogP contribution in [0.3, 0.4) is 0 Å². The van der Waals surface area contributed by atoms with Gasteiger partial charge in [-0.3, -0.25) is 9.59 Å². The highest BCUT2D eigenvalue weighted by molar-refractivity contribution is 5.75. The molecule has 0 aliphatic carbocycles. The van der Waals surface area contributed by atoms with Gasteiger partial charge in [0.15, 0.2) is 0 Å². The third kappa shape index (κ3) is 5.31. The Morgan fingerprint density at radius 3 is 3.00 bits per heavy atom. The summed E-state index contributed by atoms with van der Waals surface area (Å²) in [6, 6.07) is 4.94. The van der Waals surface area contributed by atoms with Crippen molar-refractivity contribution in [1.29, 1.82) is 0 Å². The van der Waals surface area contributed by atoms with Crippen molar-refractivity contribution in [2.24, 2.45) is 0 Å². The molecule has 0 aliphatic heterocycles. The van der Waals surface area contributed by atoms with Gasteiger partial charge in [-0.05, 0) is 12.5 Å². The van der Waals surface area contributed by atoms with Crippen LogP contribution in [0.15, 0.2) is 29.2 Å². The number of ether oxygens (including phenoxy) is 1. The van der Waals surface area contributed by atoms with Crippen LogP contribution in [0.25, 0.3) is 0 Å². The molecule has 0 radical (unpaired) electrons. The van der Waals surface area contributed by atoms with Gasteiger partial charge in [-0.1, -0.05) is 6.07 Å². The lowest BCUT2D eigenvalue weighted by atomic mass is 10.3.